The maximum atomic E-state index is 13.0. The Morgan fingerprint density at radius 3 is 2.37 bits per heavy atom. The van der Waals surface area contributed by atoms with E-state index >= 15 is 0 Å². The number of nitrogens with zero attached hydrogens (tertiary/aromatic N) is 1. The first kappa shape index (κ1) is 21.3. The van der Waals surface area contributed by atoms with E-state index in [2.05, 4.69) is 5.32 Å². The van der Waals surface area contributed by atoms with Crippen molar-refractivity contribution in [3.8, 4) is 0 Å². The average Bonchev–Trinajstić information content (AvgIpc) is 2.66. The number of nitrogens with one attached hydrogen (secondary N) is 1. The zero-order valence-corrected chi connectivity index (χ0v) is 17.1. The molecule has 1 N–H and O–H groups in total. The van der Waals surface area contributed by atoms with Crippen molar-refractivity contribution in [3.63, 3.8) is 0 Å². The smallest absolute Gasteiger partial charge is 0.242 e. The van der Waals surface area contributed by atoms with Gasteiger partial charge < -0.3 is 10.2 Å². The fraction of sp³-hybridized carbons (Fsp3) is 0.333. The first-order valence-electron chi connectivity index (χ1n) is 8.97. The molecular formula is C21H24Cl2N2O2. The van der Waals surface area contributed by atoms with E-state index in [-0.39, 0.29) is 24.8 Å². The highest BCUT2D eigenvalue weighted by Gasteiger charge is 2.26. The molecule has 6 heteroatoms. The Morgan fingerprint density at radius 1 is 1.07 bits per heavy atom. The molecule has 0 saturated heterocycles. The van der Waals surface area contributed by atoms with E-state index in [1.807, 2.05) is 37.3 Å². The van der Waals surface area contributed by atoms with Crippen LogP contribution in [0.4, 0.5) is 0 Å². The Kier molecular flexibility index (Phi) is 8.14. The third-order valence-electron chi connectivity index (χ3n) is 4.28. The molecule has 2 aromatic carbocycles. The van der Waals surface area contributed by atoms with Gasteiger partial charge in [-0.25, -0.2) is 0 Å². The summed E-state index contributed by atoms with van der Waals surface area (Å²) in [5.74, 6) is -0.315. The Hall–Kier alpha value is -2.04. The molecule has 2 aromatic rings. The average molecular weight is 407 g/mol. The summed E-state index contributed by atoms with van der Waals surface area (Å²) in [5, 5.41) is 4.05. The maximum absolute atomic E-state index is 13.0. The minimum Gasteiger partial charge on any atom is -0.354 e. The molecule has 0 saturated carbocycles. The highest BCUT2D eigenvalue weighted by Crippen LogP contribution is 2.20. The maximum Gasteiger partial charge on any atom is 0.242 e. The number of hydrogen-bond donors (Lipinski definition) is 1. The van der Waals surface area contributed by atoms with Gasteiger partial charge in [-0.3, -0.25) is 9.59 Å². The van der Waals surface area contributed by atoms with Gasteiger partial charge in [0.25, 0.3) is 0 Å². The molecule has 0 aliphatic heterocycles. The Balaban J connectivity index is 2.21. The molecule has 0 radical (unpaired) electrons. The van der Waals surface area contributed by atoms with Gasteiger partial charge in [0.15, 0.2) is 0 Å². The highest BCUT2D eigenvalue weighted by molar-refractivity contribution is 6.31. The number of benzene rings is 2. The van der Waals surface area contributed by atoms with Crippen molar-refractivity contribution in [1.82, 2.24) is 10.2 Å². The molecule has 1 atom stereocenters. The van der Waals surface area contributed by atoms with E-state index in [1.54, 1.807) is 30.0 Å². The third kappa shape index (κ3) is 6.26. The zero-order chi connectivity index (χ0) is 19.8. The third-order valence-corrected chi connectivity index (χ3v) is 4.90. The minimum atomic E-state index is -0.604. The molecule has 4 nitrogen and oxygen atoms in total. The van der Waals surface area contributed by atoms with Crippen LogP contribution in [-0.2, 0) is 22.6 Å². The first-order chi connectivity index (χ1) is 12.9. The molecule has 0 aliphatic rings. The lowest BCUT2D eigenvalue weighted by atomic mass is 10.1. The Morgan fingerprint density at radius 2 is 1.74 bits per heavy atom. The van der Waals surface area contributed by atoms with Crippen LogP contribution < -0.4 is 5.32 Å². The van der Waals surface area contributed by atoms with Gasteiger partial charge in [-0.15, -0.1) is 0 Å². The molecule has 0 spiro atoms. The van der Waals surface area contributed by atoms with Crippen LogP contribution in [0, 0.1) is 0 Å². The van der Waals surface area contributed by atoms with E-state index in [0.29, 0.717) is 16.6 Å². The summed E-state index contributed by atoms with van der Waals surface area (Å²) in [6.07, 6.45) is 1.02. The standard InChI is InChI=1S/C21H24Cl2N2O2/c1-3-12-24-21(27)15(2)25(14-17-6-4-5-7-19(17)23)20(26)13-16-8-10-18(22)11-9-16/h4-11,15H,3,12-14H2,1-2H3,(H,24,27)/t15-/m1/s1. The van der Waals surface area contributed by atoms with Crippen LogP contribution in [0.5, 0.6) is 0 Å². The lowest BCUT2D eigenvalue weighted by Crippen LogP contribution is -2.48. The van der Waals surface area contributed by atoms with Crippen LogP contribution in [0.3, 0.4) is 0 Å². The van der Waals surface area contributed by atoms with Crippen molar-refractivity contribution in [1.29, 1.82) is 0 Å². The molecule has 0 aromatic heterocycles. The summed E-state index contributed by atoms with van der Waals surface area (Å²) >= 11 is 12.2. The SMILES string of the molecule is CCCNC(=O)[C@@H](C)N(Cc1ccccc1Cl)C(=O)Cc1ccc(Cl)cc1. The van der Waals surface area contributed by atoms with Gasteiger partial charge in [0.1, 0.15) is 6.04 Å². The Labute approximate surface area is 170 Å². The van der Waals surface area contributed by atoms with Crippen LogP contribution >= 0.6 is 23.2 Å². The number of carbonyl (C=O) groups excluding carboxylic acids is 2. The van der Waals surface area contributed by atoms with Gasteiger partial charge >= 0.3 is 0 Å². The van der Waals surface area contributed by atoms with Gasteiger partial charge in [0, 0.05) is 23.1 Å². The van der Waals surface area contributed by atoms with Crippen LogP contribution in [-0.4, -0.2) is 29.3 Å². The van der Waals surface area contributed by atoms with Crippen molar-refractivity contribution in [2.24, 2.45) is 0 Å². The Bertz CT molecular complexity index is 778. The second-order valence-electron chi connectivity index (χ2n) is 6.38. The topological polar surface area (TPSA) is 49.4 Å². The van der Waals surface area contributed by atoms with Crippen LogP contribution in [0.1, 0.15) is 31.4 Å². The van der Waals surface area contributed by atoms with Crippen molar-refractivity contribution >= 4 is 35.0 Å². The molecule has 27 heavy (non-hydrogen) atoms. The summed E-state index contributed by atoms with van der Waals surface area (Å²) in [5.41, 5.74) is 1.65. The van der Waals surface area contributed by atoms with E-state index in [4.69, 9.17) is 23.2 Å². The molecule has 0 heterocycles. The van der Waals surface area contributed by atoms with E-state index in [0.717, 1.165) is 17.5 Å². The summed E-state index contributed by atoms with van der Waals surface area (Å²) < 4.78 is 0. The lowest BCUT2D eigenvalue weighted by Gasteiger charge is -2.29. The predicted octanol–water partition coefficient (Wildman–Crippen LogP) is 4.48. The second kappa shape index (κ2) is 10.3. The van der Waals surface area contributed by atoms with Gasteiger partial charge in [0.2, 0.25) is 11.8 Å². The van der Waals surface area contributed by atoms with Crippen LogP contribution in [0.25, 0.3) is 0 Å². The minimum absolute atomic E-state index is 0.142. The normalized spacial score (nSPS) is 11.7. The molecule has 144 valence electrons. The molecule has 0 bridgehead atoms. The van der Waals surface area contributed by atoms with E-state index in [1.165, 1.54) is 0 Å². The number of amides is 2. The lowest BCUT2D eigenvalue weighted by molar-refractivity contribution is -0.140. The fourth-order valence-corrected chi connectivity index (χ4v) is 2.99. The van der Waals surface area contributed by atoms with Crippen molar-refractivity contribution in [2.45, 2.75) is 39.3 Å². The molecule has 0 aliphatic carbocycles. The quantitative estimate of drug-likeness (QED) is 0.702. The molecule has 2 rings (SSSR count). The van der Waals surface area contributed by atoms with Crippen molar-refractivity contribution < 1.29 is 9.59 Å². The summed E-state index contributed by atoms with van der Waals surface area (Å²) in [6, 6.07) is 13.9. The summed E-state index contributed by atoms with van der Waals surface area (Å²) in [7, 11) is 0. The zero-order valence-electron chi connectivity index (χ0n) is 15.5. The van der Waals surface area contributed by atoms with Gasteiger partial charge in [-0.2, -0.15) is 0 Å². The van der Waals surface area contributed by atoms with Crippen LogP contribution in [0.15, 0.2) is 48.5 Å². The van der Waals surface area contributed by atoms with Crippen molar-refractivity contribution in [3.05, 3.63) is 69.7 Å². The monoisotopic (exact) mass is 406 g/mol. The fourth-order valence-electron chi connectivity index (χ4n) is 2.67. The van der Waals surface area contributed by atoms with Crippen LogP contribution in [0.2, 0.25) is 10.0 Å². The molecular weight excluding hydrogens is 383 g/mol. The number of halogens is 2. The molecule has 0 fully saturated rings. The largest absolute Gasteiger partial charge is 0.354 e. The van der Waals surface area contributed by atoms with E-state index < -0.39 is 6.04 Å². The summed E-state index contributed by atoms with van der Waals surface area (Å²) in [4.78, 5) is 27.0. The van der Waals surface area contributed by atoms with Crippen molar-refractivity contribution in [2.75, 3.05) is 6.54 Å². The molecule has 2 amide bonds. The summed E-state index contributed by atoms with van der Waals surface area (Å²) in [6.45, 7) is 4.57. The van der Waals surface area contributed by atoms with Gasteiger partial charge in [-0.05, 0) is 42.7 Å². The predicted molar refractivity (Wildman–Crippen MR) is 110 cm³/mol. The second-order valence-corrected chi connectivity index (χ2v) is 7.23. The number of carbonyl (C=O) groups is 2. The van der Waals surface area contributed by atoms with Gasteiger partial charge in [-0.1, -0.05) is 60.5 Å². The number of rotatable bonds is 8. The highest BCUT2D eigenvalue weighted by atomic mass is 35.5. The molecule has 0 unspecified atom stereocenters. The first-order valence-corrected chi connectivity index (χ1v) is 9.73. The van der Waals surface area contributed by atoms with E-state index in [9.17, 15) is 9.59 Å². The van der Waals surface area contributed by atoms with Gasteiger partial charge in [0.05, 0.1) is 6.42 Å². The number of hydrogen-bond acceptors (Lipinski definition) is 2.